The molecule has 0 saturated carbocycles. The van der Waals surface area contributed by atoms with Gasteiger partial charge in [-0.2, -0.15) is 0 Å². The fraction of sp³-hybridized carbons (Fsp3) is 0.200. The summed E-state index contributed by atoms with van der Waals surface area (Å²) < 4.78 is 3.15. The van der Waals surface area contributed by atoms with E-state index in [1.165, 1.54) is 16.7 Å². The molecule has 1 aromatic carbocycles. The first-order valence-electron chi connectivity index (χ1n) is 6.58. The van der Waals surface area contributed by atoms with Gasteiger partial charge in [0, 0.05) is 45.6 Å². The highest BCUT2D eigenvalue weighted by Gasteiger charge is 2.07. The third-order valence-corrected chi connectivity index (χ3v) is 4.50. The van der Waals surface area contributed by atoms with Crippen molar-refractivity contribution < 1.29 is 4.79 Å². The lowest BCUT2D eigenvalue weighted by atomic mass is 10.2. The van der Waals surface area contributed by atoms with E-state index in [1.54, 1.807) is 6.20 Å². The number of thiazole rings is 1. The van der Waals surface area contributed by atoms with Crippen molar-refractivity contribution >= 4 is 49.2 Å². The molecule has 0 aliphatic carbocycles. The number of benzene rings is 1. The van der Waals surface area contributed by atoms with E-state index in [4.69, 9.17) is 0 Å². The lowest BCUT2D eigenvalue weighted by Gasteiger charge is -2.05. The van der Waals surface area contributed by atoms with Crippen LogP contribution in [0.3, 0.4) is 0 Å². The number of hydrogen-bond acceptors (Lipinski definition) is 3. The van der Waals surface area contributed by atoms with Gasteiger partial charge < -0.3 is 9.88 Å². The molecule has 0 fully saturated rings. The second-order valence-corrected chi connectivity index (χ2v) is 6.94. The lowest BCUT2D eigenvalue weighted by molar-refractivity contribution is -0.116. The Balaban J connectivity index is 1.64. The second kappa shape index (κ2) is 5.99. The second-order valence-electron chi connectivity index (χ2n) is 4.79. The zero-order valence-corrected chi connectivity index (χ0v) is 13.9. The SMILES string of the molecule is Cc1cnc(NC(=O)CCn2ccc3cc(Br)ccc32)s1. The van der Waals surface area contributed by atoms with Crippen LogP contribution in [0.1, 0.15) is 11.3 Å². The molecule has 0 atom stereocenters. The van der Waals surface area contributed by atoms with Crippen LogP contribution in [0.25, 0.3) is 10.9 Å². The number of nitrogens with one attached hydrogen (secondary N) is 1. The Hall–Kier alpha value is -1.66. The van der Waals surface area contributed by atoms with Crippen LogP contribution in [0.5, 0.6) is 0 Å². The quantitative estimate of drug-likeness (QED) is 0.754. The van der Waals surface area contributed by atoms with Crippen LogP contribution in [-0.2, 0) is 11.3 Å². The monoisotopic (exact) mass is 363 g/mol. The van der Waals surface area contributed by atoms with Gasteiger partial charge in [-0.05, 0) is 31.2 Å². The van der Waals surface area contributed by atoms with Crippen LogP contribution in [0.2, 0.25) is 0 Å². The normalized spacial score (nSPS) is 11.0. The predicted molar refractivity (Wildman–Crippen MR) is 89.7 cm³/mol. The number of anilines is 1. The number of nitrogens with zero attached hydrogens (tertiary/aromatic N) is 2. The molecule has 0 spiro atoms. The maximum Gasteiger partial charge on any atom is 0.227 e. The number of hydrogen-bond donors (Lipinski definition) is 1. The van der Waals surface area contributed by atoms with Gasteiger partial charge in [-0.1, -0.05) is 15.9 Å². The van der Waals surface area contributed by atoms with E-state index in [1.807, 2.05) is 19.2 Å². The minimum absolute atomic E-state index is 0.0108. The first-order chi connectivity index (χ1) is 10.1. The van der Waals surface area contributed by atoms with Crippen molar-refractivity contribution in [1.82, 2.24) is 9.55 Å². The van der Waals surface area contributed by atoms with Crippen molar-refractivity contribution in [3.05, 3.63) is 46.0 Å². The van der Waals surface area contributed by atoms with E-state index in [2.05, 4.69) is 49.0 Å². The molecule has 21 heavy (non-hydrogen) atoms. The van der Waals surface area contributed by atoms with Gasteiger partial charge in [0.15, 0.2) is 5.13 Å². The van der Waals surface area contributed by atoms with Crippen molar-refractivity contribution in [2.24, 2.45) is 0 Å². The van der Waals surface area contributed by atoms with Crippen molar-refractivity contribution in [1.29, 1.82) is 0 Å². The van der Waals surface area contributed by atoms with Gasteiger partial charge in [0.25, 0.3) is 0 Å². The zero-order chi connectivity index (χ0) is 14.8. The van der Waals surface area contributed by atoms with Gasteiger partial charge in [0.2, 0.25) is 5.91 Å². The molecule has 2 heterocycles. The van der Waals surface area contributed by atoms with Crippen LogP contribution >= 0.6 is 27.3 Å². The fourth-order valence-electron chi connectivity index (χ4n) is 2.18. The number of aryl methyl sites for hydroxylation is 2. The van der Waals surface area contributed by atoms with E-state index in [0.717, 1.165) is 14.9 Å². The molecule has 0 saturated heterocycles. The van der Waals surface area contributed by atoms with E-state index in [0.29, 0.717) is 18.1 Å². The third kappa shape index (κ3) is 3.33. The summed E-state index contributed by atoms with van der Waals surface area (Å²) in [7, 11) is 0. The van der Waals surface area contributed by atoms with E-state index in [9.17, 15) is 4.79 Å². The molecule has 1 N–H and O–H groups in total. The highest BCUT2D eigenvalue weighted by molar-refractivity contribution is 9.10. The standard InChI is InChI=1S/C15H14BrN3OS/c1-10-9-17-15(21-10)18-14(20)5-7-19-6-4-11-8-12(16)2-3-13(11)19/h2-4,6,8-9H,5,7H2,1H3,(H,17,18,20). The van der Waals surface area contributed by atoms with Gasteiger partial charge >= 0.3 is 0 Å². The Morgan fingerprint density at radius 2 is 2.29 bits per heavy atom. The molecular weight excluding hydrogens is 350 g/mol. The number of rotatable bonds is 4. The number of halogens is 1. The molecule has 108 valence electrons. The van der Waals surface area contributed by atoms with Crippen LogP contribution in [0.15, 0.2) is 41.1 Å². The maximum atomic E-state index is 11.9. The summed E-state index contributed by atoms with van der Waals surface area (Å²) in [5, 5.41) is 4.66. The van der Waals surface area contributed by atoms with Gasteiger partial charge in [-0.25, -0.2) is 4.98 Å². The number of carbonyl (C=O) groups is 1. The lowest BCUT2D eigenvalue weighted by Crippen LogP contribution is -2.13. The van der Waals surface area contributed by atoms with Crippen LogP contribution in [0, 0.1) is 6.92 Å². The average molecular weight is 364 g/mol. The molecule has 0 aliphatic heterocycles. The van der Waals surface area contributed by atoms with Crippen LogP contribution < -0.4 is 5.32 Å². The minimum atomic E-state index is -0.0108. The molecule has 0 radical (unpaired) electrons. The highest BCUT2D eigenvalue weighted by atomic mass is 79.9. The molecule has 2 aromatic heterocycles. The van der Waals surface area contributed by atoms with Gasteiger partial charge in [-0.15, -0.1) is 11.3 Å². The van der Waals surface area contributed by atoms with E-state index >= 15 is 0 Å². The molecule has 6 heteroatoms. The largest absolute Gasteiger partial charge is 0.347 e. The smallest absolute Gasteiger partial charge is 0.227 e. The van der Waals surface area contributed by atoms with Crippen molar-refractivity contribution in [3.63, 3.8) is 0 Å². The van der Waals surface area contributed by atoms with Crippen molar-refractivity contribution in [2.45, 2.75) is 19.9 Å². The average Bonchev–Trinajstić information content (AvgIpc) is 3.02. The Labute approximate surface area is 134 Å². The topological polar surface area (TPSA) is 46.9 Å². The molecule has 4 nitrogen and oxygen atoms in total. The number of amides is 1. The number of aromatic nitrogens is 2. The summed E-state index contributed by atoms with van der Waals surface area (Å²) in [6, 6.07) is 8.20. The van der Waals surface area contributed by atoms with Gasteiger partial charge in [-0.3, -0.25) is 4.79 Å². The van der Waals surface area contributed by atoms with Gasteiger partial charge in [0.05, 0.1) is 0 Å². The first-order valence-corrected chi connectivity index (χ1v) is 8.19. The molecule has 0 bridgehead atoms. The number of carbonyl (C=O) groups excluding carboxylic acids is 1. The Kier molecular flexibility index (Phi) is 4.07. The van der Waals surface area contributed by atoms with E-state index in [-0.39, 0.29) is 5.91 Å². The Morgan fingerprint density at radius 1 is 1.43 bits per heavy atom. The predicted octanol–water partition coefficient (Wildman–Crippen LogP) is 4.20. The summed E-state index contributed by atoms with van der Waals surface area (Å²) >= 11 is 4.95. The fourth-order valence-corrected chi connectivity index (χ4v) is 3.24. The maximum absolute atomic E-state index is 11.9. The summed E-state index contributed by atoms with van der Waals surface area (Å²) in [4.78, 5) is 17.2. The van der Waals surface area contributed by atoms with E-state index < -0.39 is 0 Å². The first kappa shape index (κ1) is 14.3. The molecular formula is C15H14BrN3OS. The summed E-state index contributed by atoms with van der Waals surface area (Å²) in [6.07, 6.45) is 4.20. The minimum Gasteiger partial charge on any atom is -0.347 e. The van der Waals surface area contributed by atoms with Gasteiger partial charge in [0.1, 0.15) is 0 Å². The Bertz CT molecular complexity index is 793. The summed E-state index contributed by atoms with van der Waals surface area (Å²) in [5.41, 5.74) is 1.14. The van der Waals surface area contributed by atoms with Crippen molar-refractivity contribution in [3.8, 4) is 0 Å². The summed E-state index contributed by atoms with van der Waals surface area (Å²) in [6.45, 7) is 2.62. The molecule has 0 aliphatic rings. The summed E-state index contributed by atoms with van der Waals surface area (Å²) in [5.74, 6) is -0.0108. The van der Waals surface area contributed by atoms with Crippen molar-refractivity contribution in [2.75, 3.05) is 5.32 Å². The third-order valence-electron chi connectivity index (χ3n) is 3.18. The molecule has 0 unspecified atom stereocenters. The highest BCUT2D eigenvalue weighted by Crippen LogP contribution is 2.21. The van der Waals surface area contributed by atoms with Crippen LogP contribution in [-0.4, -0.2) is 15.5 Å². The van der Waals surface area contributed by atoms with Crippen LogP contribution in [0.4, 0.5) is 5.13 Å². The zero-order valence-electron chi connectivity index (χ0n) is 11.5. The molecule has 3 aromatic rings. The Morgan fingerprint density at radius 3 is 3.05 bits per heavy atom. The number of fused-ring (bicyclic) bond motifs is 1. The molecule has 1 amide bonds. The molecule has 3 rings (SSSR count).